The second-order valence-corrected chi connectivity index (χ2v) is 4.46. The molecule has 0 aliphatic heterocycles. The van der Waals surface area contributed by atoms with Crippen LogP contribution in [0.1, 0.15) is 6.92 Å². The predicted octanol–water partition coefficient (Wildman–Crippen LogP) is 2.46. The minimum absolute atomic E-state index is 0.201. The van der Waals surface area contributed by atoms with Crippen molar-refractivity contribution >= 4 is 23.2 Å². The number of halogens is 1. The molecule has 0 saturated heterocycles. The van der Waals surface area contributed by atoms with E-state index in [4.69, 9.17) is 11.6 Å². The molecule has 2 heterocycles. The Morgan fingerprint density at radius 1 is 1.53 bits per heavy atom. The van der Waals surface area contributed by atoms with Crippen LogP contribution in [-0.2, 0) is 4.79 Å². The van der Waals surface area contributed by atoms with Crippen molar-refractivity contribution in [2.45, 2.75) is 6.92 Å². The number of nitrogens with zero attached hydrogens (tertiary/aromatic N) is 4. The zero-order valence-electron chi connectivity index (χ0n) is 10.7. The van der Waals surface area contributed by atoms with Gasteiger partial charge >= 0.3 is 0 Å². The number of aromatic nitrogens is 3. The molecule has 98 valence electrons. The fourth-order valence-corrected chi connectivity index (χ4v) is 1.84. The monoisotopic (exact) mass is 276 g/mol. The molecule has 0 N–H and O–H groups in total. The molecule has 2 rings (SSSR count). The van der Waals surface area contributed by atoms with Crippen LogP contribution in [0.4, 0.5) is 5.69 Å². The van der Waals surface area contributed by atoms with E-state index in [0.29, 0.717) is 11.3 Å². The van der Waals surface area contributed by atoms with E-state index in [-0.39, 0.29) is 11.1 Å². The molecule has 5 nitrogen and oxygen atoms in total. The Hall–Kier alpha value is -2.14. The summed E-state index contributed by atoms with van der Waals surface area (Å²) in [7, 11) is 1.63. The fourth-order valence-electron chi connectivity index (χ4n) is 1.59. The molecule has 0 saturated carbocycles. The highest BCUT2D eigenvalue weighted by molar-refractivity contribution is 6.32. The van der Waals surface area contributed by atoms with E-state index in [1.54, 1.807) is 43.3 Å². The molecule has 0 aliphatic carbocycles. The molecule has 0 unspecified atom stereocenters. The van der Waals surface area contributed by atoms with E-state index in [0.717, 1.165) is 5.69 Å². The third-order valence-electron chi connectivity index (χ3n) is 2.59. The number of likely N-dealkylation sites (N-methyl/N-ethyl adjacent to an activating group) is 1. The maximum Gasteiger partial charge on any atom is 0.253 e. The summed E-state index contributed by atoms with van der Waals surface area (Å²) in [5, 5.41) is 4.41. The summed E-state index contributed by atoms with van der Waals surface area (Å²) in [6.07, 6.45) is 5.01. The Labute approximate surface area is 116 Å². The van der Waals surface area contributed by atoms with Gasteiger partial charge in [-0.2, -0.15) is 5.10 Å². The van der Waals surface area contributed by atoms with Gasteiger partial charge in [-0.25, -0.2) is 4.68 Å². The van der Waals surface area contributed by atoms with E-state index >= 15 is 0 Å². The van der Waals surface area contributed by atoms with Crippen LogP contribution in [0.3, 0.4) is 0 Å². The lowest BCUT2D eigenvalue weighted by molar-refractivity contribution is -0.114. The molecule has 0 bridgehead atoms. The van der Waals surface area contributed by atoms with Crippen molar-refractivity contribution in [1.29, 1.82) is 0 Å². The van der Waals surface area contributed by atoms with E-state index < -0.39 is 0 Å². The largest absolute Gasteiger partial charge is 0.308 e. The minimum atomic E-state index is -0.201. The van der Waals surface area contributed by atoms with Gasteiger partial charge in [0.05, 0.1) is 18.1 Å². The third kappa shape index (κ3) is 2.66. The zero-order chi connectivity index (χ0) is 14.0. The Morgan fingerprint density at radius 3 is 2.84 bits per heavy atom. The topological polar surface area (TPSA) is 51.0 Å². The highest BCUT2D eigenvalue weighted by Crippen LogP contribution is 2.25. The highest BCUT2D eigenvalue weighted by Gasteiger charge is 2.18. The Balaban J connectivity index is 2.37. The van der Waals surface area contributed by atoms with Crippen LogP contribution in [-0.4, -0.2) is 27.7 Å². The van der Waals surface area contributed by atoms with Crippen LogP contribution < -0.4 is 4.90 Å². The number of anilines is 1. The average Bonchev–Trinajstić information content (AvgIpc) is 2.80. The first kappa shape index (κ1) is 13.3. The van der Waals surface area contributed by atoms with Gasteiger partial charge in [0.25, 0.3) is 5.91 Å². The molecule has 2 aromatic heterocycles. The molecule has 2 aromatic rings. The van der Waals surface area contributed by atoms with E-state index in [9.17, 15) is 4.79 Å². The van der Waals surface area contributed by atoms with Crippen LogP contribution in [0.15, 0.2) is 42.9 Å². The van der Waals surface area contributed by atoms with E-state index in [1.807, 2.05) is 6.07 Å². The first-order valence-corrected chi connectivity index (χ1v) is 5.97. The molecule has 0 radical (unpaired) electrons. The van der Waals surface area contributed by atoms with Gasteiger partial charge < -0.3 is 4.90 Å². The smallest absolute Gasteiger partial charge is 0.253 e. The van der Waals surface area contributed by atoms with Crippen molar-refractivity contribution in [3.8, 4) is 5.69 Å². The van der Waals surface area contributed by atoms with Crippen LogP contribution in [0.2, 0.25) is 5.15 Å². The van der Waals surface area contributed by atoms with Gasteiger partial charge in [-0.05, 0) is 19.1 Å². The lowest BCUT2D eigenvalue weighted by Crippen LogP contribution is -2.26. The molecule has 0 fully saturated rings. The summed E-state index contributed by atoms with van der Waals surface area (Å²) in [6, 6.07) is 3.65. The normalized spacial score (nSPS) is 10.3. The summed E-state index contributed by atoms with van der Waals surface area (Å²) >= 11 is 6.06. The zero-order valence-corrected chi connectivity index (χ0v) is 11.4. The van der Waals surface area contributed by atoms with Crippen molar-refractivity contribution in [2.24, 2.45) is 0 Å². The molecule has 0 atom stereocenters. The van der Waals surface area contributed by atoms with Crippen LogP contribution in [0.25, 0.3) is 5.69 Å². The third-order valence-corrected chi connectivity index (χ3v) is 2.86. The fraction of sp³-hybridized carbons (Fsp3) is 0.154. The molecular formula is C13H13ClN4O. The van der Waals surface area contributed by atoms with Crippen LogP contribution in [0, 0.1) is 0 Å². The molecule has 0 aliphatic rings. The number of rotatable bonds is 3. The maximum atomic E-state index is 11.9. The molecule has 1 amide bonds. The van der Waals surface area contributed by atoms with Gasteiger partial charge in [0.15, 0.2) is 5.15 Å². The Bertz CT molecular complexity index is 621. The molecule has 6 heteroatoms. The number of amides is 1. The van der Waals surface area contributed by atoms with Gasteiger partial charge in [0.2, 0.25) is 0 Å². The van der Waals surface area contributed by atoms with Gasteiger partial charge in [0.1, 0.15) is 5.69 Å². The van der Waals surface area contributed by atoms with Gasteiger partial charge in [-0.1, -0.05) is 18.2 Å². The van der Waals surface area contributed by atoms with Crippen LogP contribution in [0.5, 0.6) is 0 Å². The second kappa shape index (κ2) is 5.24. The Kier molecular flexibility index (Phi) is 3.66. The van der Waals surface area contributed by atoms with Crippen molar-refractivity contribution in [1.82, 2.24) is 14.8 Å². The van der Waals surface area contributed by atoms with Crippen LogP contribution >= 0.6 is 11.6 Å². The quantitative estimate of drug-likeness (QED) is 0.809. The maximum absolute atomic E-state index is 11.9. The van der Waals surface area contributed by atoms with Crippen molar-refractivity contribution in [2.75, 3.05) is 11.9 Å². The second-order valence-electron chi connectivity index (χ2n) is 4.11. The highest BCUT2D eigenvalue weighted by atomic mass is 35.5. The number of hydrogen-bond donors (Lipinski definition) is 0. The standard InChI is InChI=1S/C13H13ClN4O/c1-9(2)13(19)17(3)11-8-18(16-12(11)14)10-5-4-6-15-7-10/h4-8H,1H2,2-3H3. The first-order chi connectivity index (χ1) is 9.00. The summed E-state index contributed by atoms with van der Waals surface area (Å²) in [5.74, 6) is -0.201. The number of pyridine rings is 1. The van der Waals surface area contributed by atoms with E-state index in [2.05, 4.69) is 16.7 Å². The number of carbonyl (C=O) groups is 1. The number of carbonyl (C=O) groups excluding carboxylic acids is 1. The van der Waals surface area contributed by atoms with Crippen molar-refractivity contribution in [3.63, 3.8) is 0 Å². The molecule has 0 spiro atoms. The van der Waals surface area contributed by atoms with Crippen molar-refractivity contribution in [3.05, 3.63) is 48.0 Å². The van der Waals surface area contributed by atoms with Gasteiger partial charge in [-0.15, -0.1) is 0 Å². The SMILES string of the molecule is C=C(C)C(=O)N(C)c1cn(-c2cccnc2)nc1Cl. The van der Waals surface area contributed by atoms with Crippen molar-refractivity contribution < 1.29 is 4.79 Å². The van der Waals surface area contributed by atoms with E-state index in [1.165, 1.54) is 4.90 Å². The molecule has 19 heavy (non-hydrogen) atoms. The summed E-state index contributed by atoms with van der Waals surface area (Å²) in [6.45, 7) is 5.28. The number of hydrogen-bond acceptors (Lipinski definition) is 3. The minimum Gasteiger partial charge on any atom is -0.308 e. The first-order valence-electron chi connectivity index (χ1n) is 5.60. The molecular weight excluding hydrogens is 264 g/mol. The summed E-state index contributed by atoms with van der Waals surface area (Å²) < 4.78 is 1.58. The summed E-state index contributed by atoms with van der Waals surface area (Å²) in [4.78, 5) is 17.3. The van der Waals surface area contributed by atoms with Gasteiger partial charge in [0, 0.05) is 18.8 Å². The average molecular weight is 277 g/mol. The molecule has 0 aromatic carbocycles. The van der Waals surface area contributed by atoms with Gasteiger partial charge in [-0.3, -0.25) is 9.78 Å². The lowest BCUT2D eigenvalue weighted by atomic mass is 10.3. The predicted molar refractivity (Wildman–Crippen MR) is 74.6 cm³/mol. The Morgan fingerprint density at radius 2 is 2.26 bits per heavy atom. The summed E-state index contributed by atoms with van der Waals surface area (Å²) in [5.41, 5.74) is 1.73. The lowest BCUT2D eigenvalue weighted by Gasteiger charge is -2.14.